The van der Waals surface area contributed by atoms with Crippen LogP contribution in [0, 0.1) is 11.8 Å². The van der Waals surface area contributed by atoms with Crippen LogP contribution < -0.4 is 5.32 Å². The highest BCUT2D eigenvalue weighted by molar-refractivity contribution is 7.14. The Hall–Kier alpha value is -1.89. The van der Waals surface area contributed by atoms with Crippen LogP contribution in [0.4, 0.5) is 13.9 Å². The number of hydrogen-bond donors (Lipinski definition) is 1. The van der Waals surface area contributed by atoms with Gasteiger partial charge in [-0.05, 0) is 18.9 Å². The molecular weight excluding hydrogens is 272 g/mol. The highest BCUT2D eigenvalue weighted by atomic mass is 32.1. The topological polar surface area (TPSA) is 54.9 Å². The predicted octanol–water partition coefficient (Wildman–Crippen LogP) is 2.95. The van der Waals surface area contributed by atoms with Crippen LogP contribution in [0.5, 0.6) is 0 Å². The first-order valence-electron chi connectivity index (χ1n) is 5.72. The Kier molecular flexibility index (Phi) is 2.98. The minimum absolute atomic E-state index is 0.379. The fraction of sp³-hybridized carbons (Fsp3) is 0.250. The molecule has 1 fully saturated rings. The highest BCUT2D eigenvalue weighted by Gasteiger charge is 2.26. The van der Waals surface area contributed by atoms with Gasteiger partial charge in [0.05, 0.1) is 11.3 Å². The second-order valence-electron chi connectivity index (χ2n) is 4.27. The molecule has 1 aliphatic carbocycles. The summed E-state index contributed by atoms with van der Waals surface area (Å²) in [6, 6.07) is 1.13. The third-order valence-electron chi connectivity index (χ3n) is 2.83. The van der Waals surface area contributed by atoms with Crippen LogP contribution in [-0.2, 0) is 0 Å². The maximum absolute atomic E-state index is 13.4. The van der Waals surface area contributed by atoms with Crippen molar-refractivity contribution in [3.63, 3.8) is 0 Å². The molecule has 19 heavy (non-hydrogen) atoms. The molecule has 1 N–H and O–H groups in total. The van der Waals surface area contributed by atoms with Crippen molar-refractivity contribution in [2.45, 2.75) is 18.8 Å². The molecule has 1 amide bonds. The largest absolute Gasteiger partial charge is 0.298 e. The molecule has 0 radical (unpaired) electrons. The lowest BCUT2D eigenvalue weighted by Gasteiger charge is -2.02. The van der Waals surface area contributed by atoms with Crippen LogP contribution in [0.15, 0.2) is 17.6 Å². The SMILES string of the molecule is O=C(Nc1nc(C2CC2)cs1)c1ccnc(F)c1F. The van der Waals surface area contributed by atoms with Gasteiger partial charge >= 0.3 is 0 Å². The van der Waals surface area contributed by atoms with E-state index in [9.17, 15) is 13.6 Å². The average Bonchev–Trinajstić information content (AvgIpc) is 3.14. The third kappa shape index (κ3) is 2.46. The van der Waals surface area contributed by atoms with Gasteiger partial charge in [0.2, 0.25) is 5.95 Å². The zero-order valence-electron chi connectivity index (χ0n) is 9.69. The smallest absolute Gasteiger partial charge is 0.260 e. The number of thiazole rings is 1. The normalized spacial score (nSPS) is 14.4. The van der Waals surface area contributed by atoms with Crippen LogP contribution in [0.1, 0.15) is 34.8 Å². The summed E-state index contributed by atoms with van der Waals surface area (Å²) in [6.45, 7) is 0. The molecule has 3 rings (SSSR count). The van der Waals surface area contributed by atoms with E-state index in [1.165, 1.54) is 11.3 Å². The van der Waals surface area contributed by atoms with Crippen LogP contribution in [0.3, 0.4) is 0 Å². The second kappa shape index (κ2) is 4.65. The van der Waals surface area contributed by atoms with Gasteiger partial charge in [0.15, 0.2) is 10.9 Å². The predicted molar refractivity (Wildman–Crippen MR) is 66.2 cm³/mol. The first-order chi connectivity index (χ1) is 9.15. The van der Waals surface area contributed by atoms with E-state index >= 15 is 0 Å². The van der Waals surface area contributed by atoms with Crippen molar-refractivity contribution >= 4 is 22.4 Å². The van der Waals surface area contributed by atoms with Crippen molar-refractivity contribution in [2.24, 2.45) is 0 Å². The van der Waals surface area contributed by atoms with Crippen molar-refractivity contribution in [3.05, 3.63) is 40.7 Å². The van der Waals surface area contributed by atoms with E-state index in [4.69, 9.17) is 0 Å². The van der Waals surface area contributed by atoms with Gasteiger partial charge in [-0.25, -0.2) is 14.4 Å². The Morgan fingerprint density at radius 1 is 1.42 bits per heavy atom. The fourth-order valence-corrected chi connectivity index (χ4v) is 2.46. The molecule has 0 bridgehead atoms. The van der Waals surface area contributed by atoms with Crippen LogP contribution in [-0.4, -0.2) is 15.9 Å². The fourth-order valence-electron chi connectivity index (χ4n) is 1.67. The van der Waals surface area contributed by atoms with Gasteiger partial charge in [0, 0.05) is 17.5 Å². The van der Waals surface area contributed by atoms with Crippen molar-refractivity contribution < 1.29 is 13.6 Å². The van der Waals surface area contributed by atoms with E-state index in [1.54, 1.807) is 0 Å². The van der Waals surface area contributed by atoms with Crippen molar-refractivity contribution in [1.82, 2.24) is 9.97 Å². The molecule has 0 spiro atoms. The lowest BCUT2D eigenvalue weighted by atomic mass is 10.2. The Morgan fingerprint density at radius 3 is 2.95 bits per heavy atom. The number of carbonyl (C=O) groups excluding carboxylic acids is 1. The third-order valence-corrected chi connectivity index (χ3v) is 3.61. The Morgan fingerprint density at radius 2 is 2.21 bits per heavy atom. The molecule has 0 unspecified atom stereocenters. The molecule has 2 heterocycles. The van der Waals surface area contributed by atoms with E-state index in [2.05, 4.69) is 15.3 Å². The molecule has 0 saturated heterocycles. The quantitative estimate of drug-likeness (QED) is 0.880. The summed E-state index contributed by atoms with van der Waals surface area (Å²) in [7, 11) is 0. The highest BCUT2D eigenvalue weighted by Crippen LogP contribution is 2.40. The summed E-state index contributed by atoms with van der Waals surface area (Å²) in [5.74, 6) is -2.78. The molecular formula is C12H9F2N3OS. The maximum Gasteiger partial charge on any atom is 0.260 e. The Labute approximate surface area is 111 Å². The lowest BCUT2D eigenvalue weighted by Crippen LogP contribution is -2.15. The second-order valence-corrected chi connectivity index (χ2v) is 5.13. The minimum Gasteiger partial charge on any atom is -0.298 e. The molecule has 1 aliphatic rings. The van der Waals surface area contributed by atoms with E-state index in [1.807, 2.05) is 5.38 Å². The van der Waals surface area contributed by atoms with Gasteiger partial charge in [0.25, 0.3) is 5.91 Å². The molecule has 0 aliphatic heterocycles. The summed E-state index contributed by atoms with van der Waals surface area (Å²) in [4.78, 5) is 19.2. The average molecular weight is 281 g/mol. The van der Waals surface area contributed by atoms with E-state index in [0.29, 0.717) is 11.0 Å². The molecule has 2 aromatic heterocycles. The molecule has 98 valence electrons. The van der Waals surface area contributed by atoms with Crippen molar-refractivity contribution in [2.75, 3.05) is 5.32 Å². The molecule has 1 saturated carbocycles. The maximum atomic E-state index is 13.4. The first kappa shape index (κ1) is 12.2. The van der Waals surface area contributed by atoms with E-state index in [-0.39, 0.29) is 5.56 Å². The van der Waals surface area contributed by atoms with Gasteiger partial charge in [-0.3, -0.25) is 10.1 Å². The van der Waals surface area contributed by atoms with Crippen LogP contribution in [0.2, 0.25) is 0 Å². The van der Waals surface area contributed by atoms with Gasteiger partial charge in [-0.15, -0.1) is 11.3 Å². The summed E-state index contributed by atoms with van der Waals surface area (Å²) < 4.78 is 26.3. The van der Waals surface area contributed by atoms with Crippen LogP contribution in [0.25, 0.3) is 0 Å². The number of rotatable bonds is 3. The summed E-state index contributed by atoms with van der Waals surface area (Å²) in [6.07, 6.45) is 3.27. The van der Waals surface area contributed by atoms with Crippen molar-refractivity contribution in [3.8, 4) is 0 Å². The Balaban J connectivity index is 1.78. The van der Waals surface area contributed by atoms with Gasteiger partial charge < -0.3 is 0 Å². The number of nitrogens with zero attached hydrogens (tertiary/aromatic N) is 2. The number of pyridine rings is 1. The lowest BCUT2D eigenvalue weighted by molar-refractivity contribution is 0.102. The standard InChI is InChI=1S/C12H9F2N3OS/c13-9-7(3-4-15-10(9)14)11(18)17-12-16-8(5-19-12)6-1-2-6/h3-6H,1-2H2,(H,16,17,18). The summed E-state index contributed by atoms with van der Waals surface area (Å²) >= 11 is 1.28. The van der Waals surface area contributed by atoms with Gasteiger partial charge in [0.1, 0.15) is 0 Å². The number of nitrogens with one attached hydrogen (secondary N) is 1. The molecule has 7 heteroatoms. The molecule has 2 aromatic rings. The number of aromatic nitrogens is 2. The summed E-state index contributed by atoms with van der Waals surface area (Å²) in [5, 5.41) is 4.73. The van der Waals surface area contributed by atoms with Crippen molar-refractivity contribution in [1.29, 1.82) is 0 Å². The monoisotopic (exact) mass is 281 g/mol. The van der Waals surface area contributed by atoms with E-state index < -0.39 is 17.7 Å². The van der Waals surface area contributed by atoms with Crippen LogP contribution >= 0.6 is 11.3 Å². The molecule has 0 aromatic carbocycles. The molecule has 0 atom stereocenters. The number of halogens is 2. The number of carbonyl (C=O) groups is 1. The zero-order chi connectivity index (χ0) is 13.4. The van der Waals surface area contributed by atoms with Gasteiger partial charge in [-0.1, -0.05) is 0 Å². The number of hydrogen-bond acceptors (Lipinski definition) is 4. The Bertz CT molecular complexity index is 640. The number of anilines is 1. The minimum atomic E-state index is -1.29. The zero-order valence-corrected chi connectivity index (χ0v) is 10.5. The number of amides is 1. The van der Waals surface area contributed by atoms with E-state index in [0.717, 1.165) is 30.8 Å². The molecule has 4 nitrogen and oxygen atoms in total. The van der Waals surface area contributed by atoms with Gasteiger partial charge in [-0.2, -0.15) is 4.39 Å². The first-order valence-corrected chi connectivity index (χ1v) is 6.60. The summed E-state index contributed by atoms with van der Waals surface area (Å²) in [5.41, 5.74) is 0.567.